The summed E-state index contributed by atoms with van der Waals surface area (Å²) < 4.78 is 5.11. The summed E-state index contributed by atoms with van der Waals surface area (Å²) in [4.78, 5) is 14.7. The van der Waals surface area contributed by atoms with Gasteiger partial charge in [-0.15, -0.1) is 0 Å². The maximum atomic E-state index is 12.2. The molecule has 5 nitrogen and oxygen atoms in total. The van der Waals surface area contributed by atoms with E-state index < -0.39 is 0 Å². The number of fused-ring (bicyclic) bond motifs is 1. The van der Waals surface area contributed by atoms with E-state index in [-0.39, 0.29) is 11.4 Å². The van der Waals surface area contributed by atoms with Crippen molar-refractivity contribution in [1.29, 1.82) is 0 Å². The fourth-order valence-corrected chi connectivity index (χ4v) is 4.50. The van der Waals surface area contributed by atoms with Crippen molar-refractivity contribution in [2.24, 2.45) is 5.10 Å². The minimum atomic E-state index is -0.247. The van der Waals surface area contributed by atoms with Crippen molar-refractivity contribution >= 4 is 17.8 Å². The van der Waals surface area contributed by atoms with Crippen LogP contribution in [0, 0.1) is 0 Å². The first-order valence-corrected chi connectivity index (χ1v) is 10.1. The Morgan fingerprint density at radius 1 is 1.24 bits per heavy atom. The Hall–Kier alpha value is -2.82. The van der Waals surface area contributed by atoms with Crippen molar-refractivity contribution in [3.63, 3.8) is 0 Å². The second-order valence-electron chi connectivity index (χ2n) is 8.63. The van der Waals surface area contributed by atoms with Crippen molar-refractivity contribution in [3.05, 3.63) is 59.2 Å². The second kappa shape index (κ2) is 8.27. The lowest BCUT2D eigenvalue weighted by atomic mass is 9.79. The molecule has 2 aromatic rings. The van der Waals surface area contributed by atoms with E-state index >= 15 is 0 Å². The lowest BCUT2D eigenvalue weighted by molar-refractivity contribution is 0.0955. The van der Waals surface area contributed by atoms with Crippen molar-refractivity contribution < 1.29 is 9.53 Å². The molecular weight excluding hydrogens is 362 g/mol. The number of carbonyl (C=O) groups excluding carboxylic acids is 1. The predicted octanol–water partition coefficient (Wildman–Crippen LogP) is 4.96. The summed E-state index contributed by atoms with van der Waals surface area (Å²) in [7, 11) is 1.60. The Morgan fingerprint density at radius 2 is 1.93 bits per heavy atom. The molecule has 1 N–H and O–H groups in total. The van der Waals surface area contributed by atoms with Crippen LogP contribution >= 0.6 is 0 Å². The number of methoxy groups -OCH3 is 1. The minimum absolute atomic E-state index is 0.128. The maximum absolute atomic E-state index is 12.2. The minimum Gasteiger partial charge on any atom is -0.497 e. The topological polar surface area (TPSA) is 53.9 Å². The Labute approximate surface area is 173 Å². The molecule has 0 unspecified atom stereocenters. The molecule has 1 aliphatic rings. The highest BCUT2D eigenvalue weighted by Gasteiger charge is 2.37. The van der Waals surface area contributed by atoms with Crippen LogP contribution in [0.2, 0.25) is 0 Å². The molecule has 1 atom stereocenters. The summed E-state index contributed by atoms with van der Waals surface area (Å²) in [6.45, 7) is 11.4. The monoisotopic (exact) mass is 393 g/mol. The van der Waals surface area contributed by atoms with Crippen LogP contribution in [0.3, 0.4) is 0 Å². The fourth-order valence-electron chi connectivity index (χ4n) is 4.50. The third-order valence-electron chi connectivity index (χ3n) is 5.55. The van der Waals surface area contributed by atoms with Crippen molar-refractivity contribution in [1.82, 2.24) is 5.43 Å². The first-order chi connectivity index (χ1) is 13.7. The number of nitrogens with one attached hydrogen (secondary N) is 1. The van der Waals surface area contributed by atoms with Crippen LogP contribution in [-0.4, -0.2) is 30.8 Å². The summed E-state index contributed by atoms with van der Waals surface area (Å²) in [5, 5.41) is 4.15. The smallest absolute Gasteiger partial charge is 0.271 e. The van der Waals surface area contributed by atoms with Crippen LogP contribution in [0.1, 0.15) is 68.4 Å². The molecule has 1 amide bonds. The number of carbonyl (C=O) groups is 1. The SMILES string of the molecule is COc1ccc(C(=O)N/N=C\c2ccc3c(c2)[C@@H](C)CC(C)(C)N3C(C)C)cc1. The van der Waals surface area contributed by atoms with Crippen LogP contribution in [0.5, 0.6) is 5.75 Å². The largest absolute Gasteiger partial charge is 0.497 e. The van der Waals surface area contributed by atoms with Crippen LogP contribution in [-0.2, 0) is 0 Å². The molecule has 1 aliphatic heterocycles. The first kappa shape index (κ1) is 20.9. The van der Waals surface area contributed by atoms with Crippen LogP contribution < -0.4 is 15.1 Å². The Morgan fingerprint density at radius 3 is 2.55 bits per heavy atom. The molecule has 0 saturated carbocycles. The Bertz CT molecular complexity index is 901. The van der Waals surface area contributed by atoms with Crippen LogP contribution in [0.4, 0.5) is 5.69 Å². The van der Waals surface area contributed by atoms with Crippen LogP contribution in [0.25, 0.3) is 0 Å². The number of ether oxygens (including phenoxy) is 1. The third kappa shape index (κ3) is 4.44. The number of hydrogen-bond donors (Lipinski definition) is 1. The molecule has 1 heterocycles. The Kier molecular flexibility index (Phi) is 5.96. The molecule has 0 spiro atoms. The third-order valence-corrected chi connectivity index (χ3v) is 5.55. The molecule has 0 aromatic heterocycles. The molecule has 0 aliphatic carbocycles. The van der Waals surface area contributed by atoms with Crippen molar-refractivity contribution in [3.8, 4) is 5.75 Å². The van der Waals surface area contributed by atoms with Gasteiger partial charge in [-0.3, -0.25) is 4.79 Å². The van der Waals surface area contributed by atoms with Gasteiger partial charge in [0.05, 0.1) is 13.3 Å². The quantitative estimate of drug-likeness (QED) is 0.577. The standard InChI is InChI=1S/C24H31N3O2/c1-16(2)27-22-12-7-18(13-21(22)17(3)14-24(27,4)5)15-25-26-23(28)19-8-10-20(29-6)11-9-19/h7-13,15-17H,14H2,1-6H3,(H,26,28)/b25-15-/t17-/m0/s1. The molecule has 3 rings (SSSR count). The average Bonchev–Trinajstić information content (AvgIpc) is 2.67. The van der Waals surface area contributed by atoms with E-state index in [0.29, 0.717) is 23.3 Å². The molecule has 2 aromatic carbocycles. The number of benzene rings is 2. The first-order valence-electron chi connectivity index (χ1n) is 10.1. The highest BCUT2D eigenvalue weighted by Crippen LogP contribution is 2.44. The molecule has 154 valence electrons. The summed E-state index contributed by atoms with van der Waals surface area (Å²) in [5.41, 5.74) is 6.87. The molecule has 0 fully saturated rings. The van der Waals surface area contributed by atoms with Gasteiger partial charge in [0, 0.05) is 22.8 Å². The van der Waals surface area contributed by atoms with Crippen LogP contribution in [0.15, 0.2) is 47.6 Å². The molecule has 0 bridgehead atoms. The van der Waals surface area contributed by atoms with Gasteiger partial charge in [0.25, 0.3) is 5.91 Å². The van der Waals surface area contributed by atoms with Gasteiger partial charge in [-0.05, 0) is 87.6 Å². The van der Waals surface area contributed by atoms with Gasteiger partial charge in [0.2, 0.25) is 0 Å². The lowest BCUT2D eigenvalue weighted by Gasteiger charge is -2.50. The van der Waals surface area contributed by atoms with Crippen molar-refractivity contribution in [2.45, 2.75) is 58.5 Å². The van der Waals surface area contributed by atoms with Gasteiger partial charge in [0.15, 0.2) is 0 Å². The van der Waals surface area contributed by atoms with Gasteiger partial charge >= 0.3 is 0 Å². The number of hydrogen-bond acceptors (Lipinski definition) is 4. The van der Waals surface area contributed by atoms with Gasteiger partial charge in [-0.25, -0.2) is 5.43 Å². The number of rotatable bonds is 5. The van der Waals surface area contributed by atoms with E-state index in [1.54, 1.807) is 37.6 Å². The number of nitrogens with zero attached hydrogens (tertiary/aromatic N) is 2. The molecule has 0 saturated heterocycles. The van der Waals surface area contributed by atoms with E-state index in [0.717, 1.165) is 12.0 Å². The van der Waals surface area contributed by atoms with Gasteiger partial charge in [-0.1, -0.05) is 13.0 Å². The highest BCUT2D eigenvalue weighted by atomic mass is 16.5. The molecule has 0 radical (unpaired) electrons. The predicted molar refractivity (Wildman–Crippen MR) is 119 cm³/mol. The van der Waals surface area contributed by atoms with E-state index in [4.69, 9.17) is 4.74 Å². The fraction of sp³-hybridized carbons (Fsp3) is 0.417. The molecule has 5 heteroatoms. The number of anilines is 1. The van der Waals surface area contributed by atoms with Crippen molar-refractivity contribution in [2.75, 3.05) is 12.0 Å². The summed E-state index contributed by atoms with van der Waals surface area (Å²) in [6, 6.07) is 13.8. The zero-order valence-corrected chi connectivity index (χ0v) is 18.2. The van der Waals surface area contributed by atoms with E-state index in [2.05, 4.69) is 68.2 Å². The van der Waals surface area contributed by atoms with Gasteiger partial charge < -0.3 is 9.64 Å². The summed E-state index contributed by atoms with van der Waals surface area (Å²) in [5.74, 6) is 0.937. The Balaban J connectivity index is 1.75. The second-order valence-corrected chi connectivity index (χ2v) is 8.63. The molecular formula is C24H31N3O2. The van der Waals surface area contributed by atoms with Gasteiger partial charge in [-0.2, -0.15) is 5.10 Å². The summed E-state index contributed by atoms with van der Waals surface area (Å²) >= 11 is 0. The normalized spacial score (nSPS) is 18.0. The number of amides is 1. The molecule has 29 heavy (non-hydrogen) atoms. The van der Waals surface area contributed by atoms with Gasteiger partial charge in [0.1, 0.15) is 5.75 Å². The van der Waals surface area contributed by atoms with E-state index in [1.165, 1.54) is 11.3 Å². The van der Waals surface area contributed by atoms with E-state index in [9.17, 15) is 4.79 Å². The maximum Gasteiger partial charge on any atom is 0.271 e. The zero-order valence-electron chi connectivity index (χ0n) is 18.2. The zero-order chi connectivity index (χ0) is 21.2. The average molecular weight is 394 g/mol. The number of hydrazone groups is 1. The lowest BCUT2D eigenvalue weighted by Crippen LogP contribution is -2.51. The summed E-state index contributed by atoms with van der Waals surface area (Å²) in [6.07, 6.45) is 2.81. The highest BCUT2D eigenvalue weighted by molar-refractivity contribution is 5.95. The van der Waals surface area contributed by atoms with E-state index in [1.807, 2.05) is 0 Å².